The molecule has 0 saturated heterocycles. The maximum Gasteiger partial charge on any atom is 0.328 e. The van der Waals surface area contributed by atoms with Gasteiger partial charge in [0.25, 0.3) is 0 Å². The molecule has 1 nitrogen and oxygen atoms in total. The van der Waals surface area contributed by atoms with Crippen LogP contribution in [-0.4, -0.2) is 6.85 Å². The maximum atomic E-state index is 2.56. The monoisotopic (exact) mass is 695 g/mol. The number of anilines is 2. The first-order valence-electron chi connectivity index (χ1n) is 17.8. The van der Waals surface area contributed by atoms with Gasteiger partial charge in [-0.2, -0.15) is 0 Å². The highest BCUT2D eigenvalue weighted by Gasteiger charge is 2.37. The van der Waals surface area contributed by atoms with E-state index >= 15 is 0 Å². The predicted octanol–water partition coefficient (Wildman–Crippen LogP) is 12.7. The number of nitrogens with zero attached hydrogens (tertiary/aromatic N) is 1. The van der Waals surface area contributed by atoms with Crippen LogP contribution >= 0.6 is 22.7 Å². The van der Waals surface area contributed by atoms with Crippen molar-refractivity contribution in [3.63, 3.8) is 0 Å². The topological polar surface area (TPSA) is 3.24 Å². The molecule has 4 heteroatoms. The van der Waals surface area contributed by atoms with E-state index in [0.29, 0.717) is 0 Å². The summed E-state index contributed by atoms with van der Waals surface area (Å²) in [6.07, 6.45) is 0. The molecule has 52 heavy (non-hydrogen) atoms. The molecule has 0 radical (unpaired) electrons. The molecular formula is C48H30BNS2. The molecule has 0 saturated carbocycles. The van der Waals surface area contributed by atoms with E-state index in [1.165, 1.54) is 96.0 Å². The van der Waals surface area contributed by atoms with Crippen LogP contribution in [0.3, 0.4) is 0 Å². The first-order valence-corrected chi connectivity index (χ1v) is 19.4. The van der Waals surface area contributed by atoms with Crippen molar-refractivity contribution in [2.24, 2.45) is 0 Å². The summed E-state index contributed by atoms with van der Waals surface area (Å²) in [4.78, 5) is 2.56. The molecule has 242 valence electrons. The average Bonchev–Trinajstić information content (AvgIpc) is 3.79. The van der Waals surface area contributed by atoms with Crippen LogP contribution in [0.2, 0.25) is 0 Å². The van der Waals surface area contributed by atoms with Crippen molar-refractivity contribution in [3.8, 4) is 33.4 Å². The number of benzene rings is 8. The number of hydrogen-bond donors (Lipinski definition) is 0. The van der Waals surface area contributed by atoms with Gasteiger partial charge in [0.2, 0.25) is 0 Å². The Kier molecular flexibility index (Phi) is 6.76. The lowest BCUT2D eigenvalue weighted by Crippen LogP contribution is -2.57. The lowest BCUT2D eigenvalue weighted by molar-refractivity contribution is 1.36. The summed E-state index contributed by atoms with van der Waals surface area (Å²) in [5.41, 5.74) is 12.6. The molecule has 0 atom stereocenters. The van der Waals surface area contributed by atoms with Gasteiger partial charge in [-0.25, -0.2) is 0 Å². The van der Waals surface area contributed by atoms with Crippen molar-refractivity contribution in [1.82, 2.24) is 0 Å². The van der Waals surface area contributed by atoms with E-state index in [9.17, 15) is 0 Å². The van der Waals surface area contributed by atoms with Gasteiger partial charge >= 0.3 is 6.85 Å². The van der Waals surface area contributed by atoms with E-state index in [1.807, 2.05) is 22.7 Å². The Balaban J connectivity index is 1.09. The van der Waals surface area contributed by atoms with E-state index in [2.05, 4.69) is 187 Å². The summed E-state index contributed by atoms with van der Waals surface area (Å²) in [5.74, 6) is 0. The predicted molar refractivity (Wildman–Crippen MR) is 229 cm³/mol. The van der Waals surface area contributed by atoms with E-state index in [4.69, 9.17) is 0 Å². The molecule has 0 spiro atoms. The summed E-state index contributed by atoms with van der Waals surface area (Å²) in [6, 6.07) is 67.4. The number of rotatable bonds is 4. The highest BCUT2D eigenvalue weighted by molar-refractivity contribution is 7.26. The fraction of sp³-hybridized carbons (Fsp3) is 0. The third-order valence-corrected chi connectivity index (χ3v) is 13.2. The van der Waals surface area contributed by atoms with Gasteiger partial charge in [-0.15, -0.1) is 22.7 Å². The highest BCUT2D eigenvalue weighted by atomic mass is 32.1. The SMILES string of the molecule is c1ccc(B2c3ccccc3-c3cc(-c4cccc5c4sc4ccccc45)ccc3N2c2ccc(-c3cccc4c3sc3ccccc34)cc2)cc1. The molecule has 0 unspecified atom stereocenters. The van der Waals surface area contributed by atoms with Crippen LogP contribution in [0.25, 0.3) is 73.7 Å². The maximum absolute atomic E-state index is 2.56. The molecule has 2 aromatic heterocycles. The van der Waals surface area contributed by atoms with Gasteiger partial charge in [0.05, 0.1) is 0 Å². The molecule has 0 aliphatic carbocycles. The van der Waals surface area contributed by atoms with Crippen molar-refractivity contribution >= 4 is 92.2 Å². The third-order valence-electron chi connectivity index (χ3n) is 10.8. The average molecular weight is 696 g/mol. The molecule has 1 aliphatic rings. The normalized spacial score (nSPS) is 12.5. The van der Waals surface area contributed by atoms with Crippen molar-refractivity contribution in [3.05, 3.63) is 182 Å². The zero-order chi connectivity index (χ0) is 34.2. The van der Waals surface area contributed by atoms with E-state index < -0.39 is 0 Å². The standard InChI is InChI=1S/C48H30BNS2/c1-2-12-33(13-3-1)49-43-21-7-4-14-37(43)42-30-32(36-18-11-20-41-39-16-6-9-23-46(39)52-48(36)41)26-29-44(42)50(49)34-27-24-31(25-28-34)35-17-10-19-40-38-15-5-8-22-45(38)51-47(35)40/h1-30H. The molecule has 10 aromatic rings. The van der Waals surface area contributed by atoms with Crippen LogP contribution in [0.5, 0.6) is 0 Å². The Labute approximate surface area is 310 Å². The molecule has 0 amide bonds. The fourth-order valence-electron chi connectivity index (χ4n) is 8.39. The van der Waals surface area contributed by atoms with Gasteiger partial charge in [-0.1, -0.05) is 151 Å². The number of thiophene rings is 2. The van der Waals surface area contributed by atoms with Crippen LogP contribution in [0.15, 0.2) is 182 Å². The summed E-state index contributed by atoms with van der Waals surface area (Å²) >= 11 is 3.78. The van der Waals surface area contributed by atoms with Crippen LogP contribution in [-0.2, 0) is 0 Å². The third kappa shape index (κ3) is 4.55. The zero-order valence-corrected chi connectivity index (χ0v) is 29.8. The van der Waals surface area contributed by atoms with E-state index in [1.54, 1.807) is 0 Å². The molecular weight excluding hydrogens is 665 g/mol. The second-order valence-corrected chi connectivity index (χ2v) is 15.7. The fourth-order valence-corrected chi connectivity index (χ4v) is 10.9. The lowest BCUT2D eigenvalue weighted by Gasteiger charge is -2.39. The molecule has 0 fully saturated rings. The largest absolute Gasteiger partial charge is 0.376 e. The van der Waals surface area contributed by atoms with Crippen LogP contribution in [0.4, 0.5) is 11.4 Å². The molecule has 1 aliphatic heterocycles. The van der Waals surface area contributed by atoms with E-state index in [0.717, 1.165) is 0 Å². The molecule has 3 heterocycles. The number of fused-ring (bicyclic) bond motifs is 9. The van der Waals surface area contributed by atoms with Gasteiger partial charge < -0.3 is 4.81 Å². The summed E-state index contributed by atoms with van der Waals surface area (Å²) < 4.78 is 5.35. The van der Waals surface area contributed by atoms with Gasteiger partial charge in [0, 0.05) is 57.3 Å². The van der Waals surface area contributed by atoms with Gasteiger partial charge in [-0.3, -0.25) is 0 Å². The van der Waals surface area contributed by atoms with Gasteiger partial charge in [-0.05, 0) is 69.7 Å². The highest BCUT2D eigenvalue weighted by Crippen LogP contribution is 2.46. The van der Waals surface area contributed by atoms with Crippen molar-refractivity contribution < 1.29 is 0 Å². The van der Waals surface area contributed by atoms with Crippen LogP contribution in [0.1, 0.15) is 0 Å². The van der Waals surface area contributed by atoms with Crippen molar-refractivity contribution in [1.29, 1.82) is 0 Å². The Morgan fingerprint density at radius 1 is 0.385 bits per heavy atom. The molecule has 11 rings (SSSR count). The lowest BCUT2D eigenvalue weighted by atomic mass is 9.45. The smallest absolute Gasteiger partial charge is 0.328 e. The first-order chi connectivity index (χ1) is 25.8. The summed E-state index contributed by atoms with van der Waals surface area (Å²) in [5, 5.41) is 5.32. The molecule has 0 bridgehead atoms. The summed E-state index contributed by atoms with van der Waals surface area (Å²) in [7, 11) is 0. The minimum atomic E-state index is 0.0265. The van der Waals surface area contributed by atoms with Gasteiger partial charge in [0.1, 0.15) is 0 Å². The second-order valence-electron chi connectivity index (χ2n) is 13.6. The van der Waals surface area contributed by atoms with Gasteiger partial charge in [0.15, 0.2) is 0 Å². The van der Waals surface area contributed by atoms with Crippen molar-refractivity contribution in [2.45, 2.75) is 0 Å². The molecule has 8 aromatic carbocycles. The Hall–Kier alpha value is -5.94. The summed E-state index contributed by atoms with van der Waals surface area (Å²) in [6.45, 7) is 0.0265. The Morgan fingerprint density at radius 2 is 0.923 bits per heavy atom. The second kappa shape index (κ2) is 11.8. The van der Waals surface area contributed by atoms with Crippen LogP contribution < -0.4 is 15.7 Å². The first kappa shape index (κ1) is 29.8. The zero-order valence-electron chi connectivity index (χ0n) is 28.2. The Bertz CT molecular complexity index is 2980. The van der Waals surface area contributed by atoms with Crippen LogP contribution in [0, 0.1) is 0 Å². The quantitative estimate of drug-likeness (QED) is 0.166. The molecule has 0 N–H and O–H groups in total. The minimum Gasteiger partial charge on any atom is -0.376 e. The van der Waals surface area contributed by atoms with E-state index in [-0.39, 0.29) is 6.85 Å². The number of hydrogen-bond acceptors (Lipinski definition) is 3. The van der Waals surface area contributed by atoms with Crippen molar-refractivity contribution in [2.75, 3.05) is 4.81 Å². The Morgan fingerprint density at radius 3 is 1.62 bits per heavy atom. The minimum absolute atomic E-state index is 0.0265.